The predicted molar refractivity (Wildman–Crippen MR) is 294 cm³/mol. The summed E-state index contributed by atoms with van der Waals surface area (Å²) in [7, 11) is 5.72. The molecule has 5 heterocycles. The van der Waals surface area contributed by atoms with E-state index in [1.54, 1.807) is 35.2 Å². The number of phenolic OH excluding ortho intramolecular Hbond substituents is 1. The smallest absolute Gasteiger partial charge is 0.264 e. The Morgan fingerprint density at radius 1 is 0.770 bits per heavy atom. The lowest BCUT2D eigenvalue weighted by atomic mass is 9.89. The SMILES string of the molecule is CC.CNCCOCCCOc1ccc(CC(=O)N2CCc3cc(-c4cc(C(=O)N(c5ccc(O)cc5)c5cc(N)n(C)c5C)c(C)n4C)c(C(=O)N4Cc5ccccc5CC4CN4CCCCC4)cc3C2)cc1. The van der Waals surface area contributed by atoms with Crippen molar-refractivity contribution >= 4 is 34.9 Å². The second-order valence-electron chi connectivity index (χ2n) is 19.7. The van der Waals surface area contributed by atoms with Crippen molar-refractivity contribution in [3.05, 3.63) is 147 Å². The molecule has 1 unspecified atom stereocenters. The number of hydrogen-bond donors (Lipinski definition) is 3. The third-order valence-electron chi connectivity index (χ3n) is 15.1. The van der Waals surface area contributed by atoms with E-state index in [0.29, 0.717) is 74.2 Å². The van der Waals surface area contributed by atoms with Gasteiger partial charge in [0.25, 0.3) is 11.8 Å². The zero-order valence-corrected chi connectivity index (χ0v) is 44.6. The molecule has 1 fully saturated rings. The van der Waals surface area contributed by atoms with E-state index in [2.05, 4.69) is 39.4 Å². The maximum absolute atomic E-state index is 15.8. The number of likely N-dealkylation sites (tertiary alicyclic amines) is 1. The lowest BCUT2D eigenvalue weighted by Gasteiger charge is -2.41. The number of piperidine rings is 1. The Bertz CT molecular complexity index is 2900. The van der Waals surface area contributed by atoms with Crippen LogP contribution in [0, 0.1) is 13.8 Å². The minimum absolute atomic E-state index is 0.0222. The zero-order chi connectivity index (χ0) is 52.5. The van der Waals surface area contributed by atoms with Crippen LogP contribution < -0.4 is 20.7 Å². The maximum atomic E-state index is 15.8. The van der Waals surface area contributed by atoms with E-state index >= 15 is 9.59 Å². The maximum Gasteiger partial charge on any atom is 0.264 e. The largest absolute Gasteiger partial charge is 0.508 e. The van der Waals surface area contributed by atoms with Gasteiger partial charge < -0.3 is 49.5 Å². The molecular weight excluding hydrogens is 929 g/mol. The minimum Gasteiger partial charge on any atom is -0.508 e. The van der Waals surface area contributed by atoms with E-state index in [0.717, 1.165) is 103 Å². The van der Waals surface area contributed by atoms with Gasteiger partial charge in [-0.15, -0.1) is 0 Å². The number of nitrogens with zero attached hydrogens (tertiary/aromatic N) is 6. The van der Waals surface area contributed by atoms with Crippen LogP contribution in [0.4, 0.5) is 17.2 Å². The van der Waals surface area contributed by atoms with Crippen molar-refractivity contribution in [3.63, 3.8) is 0 Å². The third-order valence-corrected chi connectivity index (χ3v) is 15.1. The molecule has 0 radical (unpaired) electrons. The number of amides is 3. The van der Waals surface area contributed by atoms with Crippen LogP contribution in [0.3, 0.4) is 0 Å². The monoisotopic (exact) mass is 1000 g/mol. The molecule has 0 aliphatic carbocycles. The minimum atomic E-state index is -0.272. The van der Waals surface area contributed by atoms with Crippen molar-refractivity contribution in [1.29, 1.82) is 0 Å². The summed E-state index contributed by atoms with van der Waals surface area (Å²) in [6.07, 6.45) is 5.96. The summed E-state index contributed by atoms with van der Waals surface area (Å²) < 4.78 is 15.4. The van der Waals surface area contributed by atoms with Crippen LogP contribution in [0.2, 0.25) is 0 Å². The van der Waals surface area contributed by atoms with Crippen molar-refractivity contribution in [2.75, 3.05) is 70.2 Å². The Labute approximate surface area is 437 Å². The summed E-state index contributed by atoms with van der Waals surface area (Å²) in [5.41, 5.74) is 17.0. The molecule has 4 aromatic carbocycles. The quantitative estimate of drug-likeness (QED) is 0.0761. The average Bonchev–Trinajstić information content (AvgIpc) is 3.86. The second-order valence-corrected chi connectivity index (χ2v) is 19.7. The summed E-state index contributed by atoms with van der Waals surface area (Å²) in [6, 6.07) is 30.6. The number of benzene rings is 4. The van der Waals surface area contributed by atoms with E-state index in [1.165, 1.54) is 12.0 Å². The Morgan fingerprint density at radius 2 is 1.50 bits per heavy atom. The number of aromatic hydroxyl groups is 1. The molecule has 0 bridgehead atoms. The molecule has 3 aliphatic rings. The molecule has 14 heteroatoms. The Hall–Kier alpha value is -6.87. The fourth-order valence-electron chi connectivity index (χ4n) is 10.6. The molecule has 0 spiro atoms. The number of nitrogen functional groups attached to an aromatic ring is 1. The van der Waals surface area contributed by atoms with E-state index in [1.807, 2.05) is 105 Å². The van der Waals surface area contributed by atoms with Crippen LogP contribution in [0.1, 0.15) is 99.5 Å². The van der Waals surface area contributed by atoms with Crippen LogP contribution in [0.15, 0.2) is 97.1 Å². The van der Waals surface area contributed by atoms with E-state index < -0.39 is 0 Å². The zero-order valence-electron chi connectivity index (χ0n) is 44.6. The van der Waals surface area contributed by atoms with Crippen LogP contribution >= 0.6 is 0 Å². The molecule has 3 amide bonds. The fraction of sp³-hybridized carbons (Fsp3) is 0.417. The number of phenols is 1. The van der Waals surface area contributed by atoms with Crippen molar-refractivity contribution < 1.29 is 29.0 Å². The van der Waals surface area contributed by atoms with Crippen molar-refractivity contribution in [2.24, 2.45) is 14.1 Å². The number of fused-ring (bicyclic) bond motifs is 2. The number of nitrogens with two attached hydrogens (primary N) is 1. The molecule has 14 nitrogen and oxygen atoms in total. The van der Waals surface area contributed by atoms with E-state index in [4.69, 9.17) is 15.2 Å². The van der Waals surface area contributed by atoms with Crippen molar-refractivity contribution in [3.8, 4) is 22.8 Å². The topological polar surface area (TPSA) is 151 Å². The van der Waals surface area contributed by atoms with Gasteiger partial charge in [-0.2, -0.15) is 0 Å². The van der Waals surface area contributed by atoms with Gasteiger partial charge in [-0.25, -0.2) is 0 Å². The van der Waals surface area contributed by atoms with Crippen LogP contribution in [-0.2, 0) is 56.0 Å². The molecule has 392 valence electrons. The van der Waals surface area contributed by atoms with Crippen molar-refractivity contribution in [1.82, 2.24) is 29.2 Å². The highest BCUT2D eigenvalue weighted by Gasteiger charge is 2.36. The van der Waals surface area contributed by atoms with E-state index in [9.17, 15) is 9.90 Å². The number of nitrogens with one attached hydrogen (secondary N) is 1. The molecule has 9 rings (SSSR count). The highest BCUT2D eigenvalue weighted by atomic mass is 16.5. The molecule has 6 aromatic rings. The standard InChI is InChI=1S/C58H70N8O6.C2H6/c1-39-50(58(70)66(46-16-18-48(67)19-17-46)53-35-55(59)62(5)40(53)2)34-54(61(39)4)51-32-43-22-26-64(56(68)30-41-14-20-49(21-15-41)72-28-11-27-71-29-23-60-3)36-45(43)33-52(51)57(69)65-37-44-13-8-7-12-42(44)31-47(65)38-63-24-9-6-10-25-63;1-2/h7-8,12-21,32-35,47,60,67H,6,9-11,22-31,36-38,59H2,1-5H3;1-2H3. The third kappa shape index (κ3) is 11.9. The van der Waals surface area contributed by atoms with Gasteiger partial charge in [0.2, 0.25) is 5.91 Å². The van der Waals surface area contributed by atoms with Gasteiger partial charge in [0.1, 0.15) is 17.3 Å². The molecule has 3 aliphatic heterocycles. The highest BCUT2D eigenvalue weighted by molar-refractivity contribution is 6.13. The van der Waals surface area contributed by atoms with Gasteiger partial charge in [0.05, 0.1) is 30.9 Å². The summed E-state index contributed by atoms with van der Waals surface area (Å²) in [5.74, 6) is 1.04. The normalized spacial score (nSPS) is 15.5. The van der Waals surface area contributed by atoms with E-state index in [-0.39, 0.29) is 35.9 Å². The molecule has 74 heavy (non-hydrogen) atoms. The molecule has 0 saturated carbocycles. The number of hydrogen-bond acceptors (Lipinski definition) is 9. The number of anilines is 3. The Morgan fingerprint density at radius 3 is 2.20 bits per heavy atom. The predicted octanol–water partition coefficient (Wildman–Crippen LogP) is 9.13. The lowest BCUT2D eigenvalue weighted by Crippen LogP contribution is -2.51. The van der Waals surface area contributed by atoms with Gasteiger partial charge in [-0.1, -0.05) is 56.7 Å². The number of carbonyl (C=O) groups is 3. The first-order valence-corrected chi connectivity index (χ1v) is 26.6. The first kappa shape index (κ1) is 53.4. The highest BCUT2D eigenvalue weighted by Crippen LogP contribution is 2.39. The number of likely N-dealkylation sites (N-methyl/N-ethyl adjacent to an activating group) is 1. The molecule has 2 aromatic heterocycles. The van der Waals surface area contributed by atoms with Crippen molar-refractivity contribution in [2.45, 2.75) is 91.8 Å². The fourth-order valence-corrected chi connectivity index (χ4v) is 10.6. The summed E-state index contributed by atoms with van der Waals surface area (Å²) in [4.78, 5) is 53.2. The lowest BCUT2D eigenvalue weighted by molar-refractivity contribution is -0.131. The van der Waals surface area contributed by atoms with Gasteiger partial charge >= 0.3 is 0 Å². The first-order valence-electron chi connectivity index (χ1n) is 26.6. The van der Waals surface area contributed by atoms with Crippen LogP contribution in [-0.4, -0.2) is 112 Å². The first-order chi connectivity index (χ1) is 35.9. The number of aromatic nitrogens is 2. The summed E-state index contributed by atoms with van der Waals surface area (Å²) in [6.45, 7) is 14.8. The number of ether oxygens (including phenoxy) is 2. The molecule has 4 N–H and O–H groups in total. The average molecular weight is 1010 g/mol. The summed E-state index contributed by atoms with van der Waals surface area (Å²) >= 11 is 0. The molecule has 1 saturated heterocycles. The van der Waals surface area contributed by atoms with Gasteiger partial charge in [-0.3, -0.25) is 19.3 Å². The Balaban J connectivity index is 0.00000360. The number of rotatable bonds is 17. The summed E-state index contributed by atoms with van der Waals surface area (Å²) in [5, 5.41) is 13.3. The van der Waals surface area contributed by atoms with Gasteiger partial charge in [0, 0.05) is 106 Å². The van der Waals surface area contributed by atoms with Gasteiger partial charge in [-0.05, 0) is 142 Å². The molecule has 1 atom stereocenters. The molecular formula is C60H76N8O6. The Kier molecular flexibility index (Phi) is 17.6. The second kappa shape index (κ2) is 24.4. The van der Waals surface area contributed by atoms with Crippen LogP contribution in [0.25, 0.3) is 11.3 Å². The number of carbonyl (C=O) groups excluding carboxylic acids is 3. The van der Waals surface area contributed by atoms with Crippen LogP contribution in [0.5, 0.6) is 11.5 Å². The van der Waals surface area contributed by atoms with Gasteiger partial charge in [0.15, 0.2) is 0 Å².